The van der Waals surface area contributed by atoms with Crippen molar-refractivity contribution in [2.24, 2.45) is 5.92 Å². The van der Waals surface area contributed by atoms with E-state index < -0.39 is 5.97 Å². The van der Waals surface area contributed by atoms with E-state index in [2.05, 4.69) is 10.3 Å². The smallest absolute Gasteiger partial charge is 0.306 e. The lowest BCUT2D eigenvalue weighted by Crippen LogP contribution is -2.29. The molecule has 0 unspecified atom stereocenters. The number of aliphatic carboxylic acids is 1. The Morgan fingerprint density at radius 2 is 2.12 bits per heavy atom. The summed E-state index contributed by atoms with van der Waals surface area (Å²) in [6.45, 7) is 0. The molecular formula is C12H15ClN2O2. The second kappa shape index (κ2) is 5.36. The molecule has 1 saturated carbocycles. The van der Waals surface area contributed by atoms with E-state index in [0.717, 1.165) is 31.4 Å². The van der Waals surface area contributed by atoms with Crippen LogP contribution in [0.25, 0.3) is 0 Å². The van der Waals surface area contributed by atoms with E-state index in [-0.39, 0.29) is 5.92 Å². The van der Waals surface area contributed by atoms with E-state index in [1.54, 1.807) is 12.4 Å². The zero-order valence-electron chi connectivity index (χ0n) is 9.40. The molecule has 0 radical (unpaired) electrons. The van der Waals surface area contributed by atoms with Crippen LogP contribution < -0.4 is 5.32 Å². The van der Waals surface area contributed by atoms with Crippen LogP contribution in [0.4, 0.5) is 5.69 Å². The minimum absolute atomic E-state index is 0.180. The van der Waals surface area contributed by atoms with Crippen LogP contribution in [0.2, 0.25) is 5.02 Å². The highest BCUT2D eigenvalue weighted by molar-refractivity contribution is 6.33. The van der Waals surface area contributed by atoms with Gasteiger partial charge in [0.25, 0.3) is 0 Å². The van der Waals surface area contributed by atoms with Crippen molar-refractivity contribution in [1.29, 1.82) is 0 Å². The van der Waals surface area contributed by atoms with Crippen molar-refractivity contribution >= 4 is 23.3 Å². The van der Waals surface area contributed by atoms with Crippen LogP contribution in [0.5, 0.6) is 0 Å². The minimum atomic E-state index is -0.676. The number of carboxylic acid groups (broad SMARTS) is 1. The fourth-order valence-electron chi connectivity index (χ4n) is 2.20. The van der Waals surface area contributed by atoms with Gasteiger partial charge in [-0.2, -0.15) is 0 Å². The highest BCUT2D eigenvalue weighted by Gasteiger charge is 2.25. The van der Waals surface area contributed by atoms with Crippen LogP contribution in [0.15, 0.2) is 18.5 Å². The molecule has 1 aliphatic rings. The number of nitrogens with zero attached hydrogens (tertiary/aromatic N) is 1. The van der Waals surface area contributed by atoms with Gasteiger partial charge < -0.3 is 10.4 Å². The quantitative estimate of drug-likeness (QED) is 0.871. The first-order valence-corrected chi connectivity index (χ1v) is 6.13. The fraction of sp³-hybridized carbons (Fsp3) is 0.500. The molecule has 0 aliphatic heterocycles. The highest BCUT2D eigenvalue weighted by atomic mass is 35.5. The summed E-state index contributed by atoms with van der Waals surface area (Å²) in [6, 6.07) is 2.15. The number of anilines is 1. The maximum absolute atomic E-state index is 10.8. The Bertz CT molecular complexity index is 403. The van der Waals surface area contributed by atoms with Gasteiger partial charge in [-0.05, 0) is 31.7 Å². The molecule has 1 aromatic rings. The fourth-order valence-corrected chi connectivity index (χ4v) is 2.37. The van der Waals surface area contributed by atoms with Gasteiger partial charge in [0.2, 0.25) is 0 Å². The zero-order chi connectivity index (χ0) is 12.3. The Kier molecular flexibility index (Phi) is 3.84. The predicted octanol–water partition coefficient (Wildman–Crippen LogP) is 2.79. The summed E-state index contributed by atoms with van der Waals surface area (Å²) in [5.41, 5.74) is 0.875. The molecule has 0 bridgehead atoms. The molecule has 2 N–H and O–H groups in total. The average molecular weight is 255 g/mol. The normalized spacial score (nSPS) is 24.3. The van der Waals surface area contributed by atoms with E-state index in [0.29, 0.717) is 11.1 Å². The number of hydrogen-bond acceptors (Lipinski definition) is 3. The molecule has 2 rings (SSSR count). The lowest BCUT2D eigenvalue weighted by atomic mass is 9.86. The van der Waals surface area contributed by atoms with Crippen molar-refractivity contribution in [1.82, 2.24) is 4.98 Å². The first kappa shape index (κ1) is 12.2. The van der Waals surface area contributed by atoms with E-state index in [9.17, 15) is 4.79 Å². The Morgan fingerprint density at radius 3 is 2.71 bits per heavy atom. The number of hydrogen-bond donors (Lipinski definition) is 2. The van der Waals surface area contributed by atoms with Crippen molar-refractivity contribution in [3.05, 3.63) is 23.5 Å². The Labute approximate surface area is 105 Å². The minimum Gasteiger partial charge on any atom is -0.481 e. The summed E-state index contributed by atoms with van der Waals surface area (Å²) in [6.07, 6.45) is 6.50. The van der Waals surface area contributed by atoms with E-state index in [1.807, 2.05) is 6.07 Å². The Hall–Kier alpha value is -1.29. The van der Waals surface area contributed by atoms with Crippen LogP contribution in [0, 0.1) is 5.92 Å². The highest BCUT2D eigenvalue weighted by Crippen LogP contribution is 2.28. The summed E-state index contributed by atoms with van der Waals surface area (Å²) in [5, 5.41) is 12.9. The summed E-state index contributed by atoms with van der Waals surface area (Å²) in [5.74, 6) is -0.855. The number of aromatic nitrogens is 1. The molecule has 0 atom stereocenters. The topological polar surface area (TPSA) is 62.2 Å². The summed E-state index contributed by atoms with van der Waals surface area (Å²) >= 11 is 6.00. The lowest BCUT2D eigenvalue weighted by molar-refractivity contribution is -0.142. The second-order valence-electron chi connectivity index (χ2n) is 4.39. The molecule has 0 amide bonds. The largest absolute Gasteiger partial charge is 0.481 e. The van der Waals surface area contributed by atoms with Crippen molar-refractivity contribution in [3.63, 3.8) is 0 Å². The lowest BCUT2D eigenvalue weighted by Gasteiger charge is -2.27. The first-order valence-electron chi connectivity index (χ1n) is 5.75. The van der Waals surface area contributed by atoms with Crippen molar-refractivity contribution < 1.29 is 9.90 Å². The molecule has 92 valence electrons. The molecule has 1 aliphatic carbocycles. The van der Waals surface area contributed by atoms with Crippen LogP contribution in [0.1, 0.15) is 25.7 Å². The second-order valence-corrected chi connectivity index (χ2v) is 4.79. The van der Waals surface area contributed by atoms with Gasteiger partial charge >= 0.3 is 5.97 Å². The number of pyridine rings is 1. The number of carboxylic acids is 1. The average Bonchev–Trinajstić information content (AvgIpc) is 2.33. The Morgan fingerprint density at radius 1 is 1.41 bits per heavy atom. The zero-order valence-corrected chi connectivity index (χ0v) is 10.2. The number of rotatable bonds is 3. The van der Waals surface area contributed by atoms with Crippen molar-refractivity contribution in [2.75, 3.05) is 5.32 Å². The molecule has 1 heterocycles. The third-order valence-corrected chi connectivity index (χ3v) is 3.51. The summed E-state index contributed by atoms with van der Waals surface area (Å²) in [7, 11) is 0. The van der Waals surface area contributed by atoms with Gasteiger partial charge in [0.05, 0.1) is 16.6 Å². The SMILES string of the molecule is O=C(O)C1CCC(Nc2ccncc2Cl)CC1. The van der Waals surface area contributed by atoms with Crippen LogP contribution >= 0.6 is 11.6 Å². The summed E-state index contributed by atoms with van der Waals surface area (Å²) in [4.78, 5) is 14.7. The van der Waals surface area contributed by atoms with Gasteiger partial charge in [0, 0.05) is 18.4 Å². The third kappa shape index (κ3) is 3.09. The van der Waals surface area contributed by atoms with E-state index in [1.165, 1.54) is 0 Å². The van der Waals surface area contributed by atoms with Crippen LogP contribution in [0.3, 0.4) is 0 Å². The van der Waals surface area contributed by atoms with Gasteiger partial charge in [0.1, 0.15) is 0 Å². The summed E-state index contributed by atoms with van der Waals surface area (Å²) < 4.78 is 0. The van der Waals surface area contributed by atoms with Crippen molar-refractivity contribution in [3.8, 4) is 0 Å². The standard InChI is InChI=1S/C12H15ClN2O2/c13-10-7-14-6-5-11(10)15-9-3-1-8(2-4-9)12(16)17/h5-9H,1-4H2,(H,14,15)(H,16,17). The molecule has 4 nitrogen and oxygen atoms in total. The molecule has 1 fully saturated rings. The van der Waals surface area contributed by atoms with Gasteiger partial charge in [-0.3, -0.25) is 9.78 Å². The predicted molar refractivity (Wildman–Crippen MR) is 66.3 cm³/mol. The van der Waals surface area contributed by atoms with E-state index in [4.69, 9.17) is 16.7 Å². The molecule has 0 aromatic carbocycles. The third-order valence-electron chi connectivity index (χ3n) is 3.21. The molecule has 5 heteroatoms. The van der Waals surface area contributed by atoms with Gasteiger partial charge in [-0.15, -0.1) is 0 Å². The van der Waals surface area contributed by atoms with Gasteiger partial charge in [0.15, 0.2) is 0 Å². The maximum atomic E-state index is 10.8. The molecule has 0 spiro atoms. The number of carbonyl (C=O) groups is 1. The maximum Gasteiger partial charge on any atom is 0.306 e. The van der Waals surface area contributed by atoms with Crippen LogP contribution in [-0.2, 0) is 4.79 Å². The molecule has 17 heavy (non-hydrogen) atoms. The monoisotopic (exact) mass is 254 g/mol. The van der Waals surface area contributed by atoms with Crippen LogP contribution in [-0.4, -0.2) is 22.1 Å². The van der Waals surface area contributed by atoms with Gasteiger partial charge in [-0.1, -0.05) is 11.6 Å². The molecular weight excluding hydrogens is 240 g/mol. The molecule has 1 aromatic heterocycles. The van der Waals surface area contributed by atoms with Gasteiger partial charge in [-0.25, -0.2) is 0 Å². The Balaban J connectivity index is 1.90. The van der Waals surface area contributed by atoms with Crippen molar-refractivity contribution in [2.45, 2.75) is 31.7 Å². The number of halogens is 1. The number of nitrogens with one attached hydrogen (secondary N) is 1. The molecule has 0 saturated heterocycles. The first-order chi connectivity index (χ1) is 8.16. The van der Waals surface area contributed by atoms with E-state index >= 15 is 0 Å².